The lowest BCUT2D eigenvalue weighted by atomic mass is 9.90. The largest absolute Gasteiger partial charge is 0.443 e. The summed E-state index contributed by atoms with van der Waals surface area (Å²) in [4.78, 5) is 15.4. The van der Waals surface area contributed by atoms with Crippen molar-refractivity contribution in [3.63, 3.8) is 0 Å². The van der Waals surface area contributed by atoms with Gasteiger partial charge < -0.3 is 10.5 Å². The smallest absolute Gasteiger partial charge is 0.299 e. The summed E-state index contributed by atoms with van der Waals surface area (Å²) in [5.74, 6) is -0.366. The molecule has 84 valence electrons. The number of halogens is 1. The first-order chi connectivity index (χ1) is 7.58. The number of amidine groups is 1. The Bertz CT molecular complexity index is 456. The van der Waals surface area contributed by atoms with E-state index in [1.807, 2.05) is 6.92 Å². The molecule has 0 fully saturated rings. The van der Waals surface area contributed by atoms with E-state index in [0.717, 1.165) is 0 Å². The number of aliphatic imine (C=N–C) groups is 1. The summed E-state index contributed by atoms with van der Waals surface area (Å²) in [7, 11) is 0. The van der Waals surface area contributed by atoms with Gasteiger partial charge in [-0.3, -0.25) is 4.79 Å². The highest BCUT2D eigenvalue weighted by Gasteiger charge is 2.46. The van der Waals surface area contributed by atoms with Crippen LogP contribution in [0.3, 0.4) is 0 Å². The molecular formula is C11H11ClN2O2. The summed E-state index contributed by atoms with van der Waals surface area (Å²) in [5, 5.41) is 0.606. The third-order valence-electron chi connectivity index (χ3n) is 2.64. The molecule has 1 aliphatic heterocycles. The number of nitrogens with two attached hydrogens (primary N) is 1. The summed E-state index contributed by atoms with van der Waals surface area (Å²) in [6, 6.07) is 6.83. The third-order valence-corrected chi connectivity index (χ3v) is 2.90. The average Bonchev–Trinajstić information content (AvgIpc) is 2.55. The second kappa shape index (κ2) is 3.79. The van der Waals surface area contributed by atoms with Crippen molar-refractivity contribution in [1.29, 1.82) is 0 Å². The van der Waals surface area contributed by atoms with Crippen LogP contribution < -0.4 is 5.73 Å². The minimum atomic E-state index is -1.07. The molecule has 0 saturated heterocycles. The molecule has 1 amide bonds. The Morgan fingerprint density at radius 3 is 2.50 bits per heavy atom. The van der Waals surface area contributed by atoms with Gasteiger partial charge in [-0.25, -0.2) is 0 Å². The number of carbonyl (C=O) groups excluding carboxylic acids is 1. The van der Waals surface area contributed by atoms with Crippen LogP contribution in [0.2, 0.25) is 5.02 Å². The van der Waals surface area contributed by atoms with Crippen molar-refractivity contribution >= 4 is 23.5 Å². The normalized spacial score (nSPS) is 24.1. The summed E-state index contributed by atoms with van der Waals surface area (Å²) in [5.41, 5.74) is 5.07. The topological polar surface area (TPSA) is 64.7 Å². The molecule has 5 heteroatoms. The van der Waals surface area contributed by atoms with Crippen LogP contribution in [0.5, 0.6) is 0 Å². The van der Waals surface area contributed by atoms with Crippen molar-refractivity contribution in [2.75, 3.05) is 0 Å². The number of carbonyl (C=O) groups is 1. The van der Waals surface area contributed by atoms with Gasteiger partial charge in [0.1, 0.15) is 0 Å². The van der Waals surface area contributed by atoms with E-state index < -0.39 is 5.60 Å². The van der Waals surface area contributed by atoms with Gasteiger partial charge in [0.05, 0.1) is 0 Å². The third kappa shape index (κ3) is 1.55. The van der Waals surface area contributed by atoms with Crippen LogP contribution in [0, 0.1) is 0 Å². The standard InChI is InChI=1S/C11H11ClN2O2/c1-2-11(9(15)14-10(13)16-11)7-3-5-8(12)6-4-7/h3-6H,2H2,1H3,(H2,13,14,15). The van der Waals surface area contributed by atoms with E-state index in [-0.39, 0.29) is 11.9 Å². The fourth-order valence-corrected chi connectivity index (χ4v) is 1.89. The predicted molar refractivity (Wildman–Crippen MR) is 61.1 cm³/mol. The molecule has 1 aromatic rings. The quantitative estimate of drug-likeness (QED) is 0.855. The molecule has 0 aliphatic carbocycles. The fourth-order valence-electron chi connectivity index (χ4n) is 1.76. The van der Waals surface area contributed by atoms with Gasteiger partial charge in [-0.1, -0.05) is 30.7 Å². The Kier molecular flexibility index (Phi) is 2.59. The Morgan fingerprint density at radius 1 is 1.44 bits per heavy atom. The lowest BCUT2D eigenvalue weighted by Gasteiger charge is -2.24. The number of ether oxygens (including phenoxy) is 1. The van der Waals surface area contributed by atoms with Crippen LogP contribution in [0.15, 0.2) is 29.3 Å². The predicted octanol–water partition coefficient (Wildman–Crippen LogP) is 1.82. The molecule has 1 aromatic carbocycles. The van der Waals surface area contributed by atoms with E-state index in [9.17, 15) is 4.79 Å². The van der Waals surface area contributed by atoms with Crippen molar-refractivity contribution in [3.05, 3.63) is 34.9 Å². The number of rotatable bonds is 2. The molecule has 0 aromatic heterocycles. The van der Waals surface area contributed by atoms with Gasteiger partial charge in [-0.2, -0.15) is 4.99 Å². The van der Waals surface area contributed by atoms with E-state index in [0.29, 0.717) is 17.0 Å². The van der Waals surface area contributed by atoms with Gasteiger partial charge >= 0.3 is 0 Å². The first-order valence-electron chi connectivity index (χ1n) is 4.92. The van der Waals surface area contributed by atoms with E-state index in [1.165, 1.54) is 0 Å². The molecule has 0 bridgehead atoms. The van der Waals surface area contributed by atoms with Crippen LogP contribution in [-0.4, -0.2) is 11.9 Å². The molecule has 1 aliphatic rings. The molecule has 2 rings (SSSR count). The lowest BCUT2D eigenvalue weighted by molar-refractivity contribution is -0.131. The monoisotopic (exact) mass is 238 g/mol. The zero-order chi connectivity index (χ0) is 11.8. The number of hydrogen-bond acceptors (Lipinski definition) is 3. The Morgan fingerprint density at radius 2 is 2.06 bits per heavy atom. The van der Waals surface area contributed by atoms with Gasteiger partial charge in [0.15, 0.2) is 0 Å². The van der Waals surface area contributed by atoms with Crippen LogP contribution >= 0.6 is 11.6 Å². The maximum Gasteiger partial charge on any atom is 0.299 e. The molecule has 2 N–H and O–H groups in total. The van der Waals surface area contributed by atoms with E-state index in [2.05, 4.69) is 4.99 Å². The molecule has 1 heterocycles. The highest BCUT2D eigenvalue weighted by molar-refractivity contribution is 6.30. The van der Waals surface area contributed by atoms with Crippen molar-refractivity contribution in [2.45, 2.75) is 18.9 Å². The Hall–Kier alpha value is -1.55. The van der Waals surface area contributed by atoms with E-state index in [1.54, 1.807) is 24.3 Å². The zero-order valence-corrected chi connectivity index (χ0v) is 9.49. The highest BCUT2D eigenvalue weighted by atomic mass is 35.5. The van der Waals surface area contributed by atoms with Crippen molar-refractivity contribution in [2.24, 2.45) is 10.7 Å². The van der Waals surface area contributed by atoms with Gasteiger partial charge in [0.25, 0.3) is 11.9 Å². The number of nitrogens with zero attached hydrogens (tertiary/aromatic N) is 1. The SMILES string of the molecule is CCC1(c2ccc(Cl)cc2)OC(N)=NC1=O. The van der Waals surface area contributed by atoms with Crippen LogP contribution in [0.4, 0.5) is 0 Å². The summed E-state index contributed by atoms with van der Waals surface area (Å²) >= 11 is 5.79. The average molecular weight is 239 g/mol. The molecule has 0 saturated carbocycles. The molecule has 0 radical (unpaired) electrons. The Labute approximate surface area is 98.1 Å². The highest BCUT2D eigenvalue weighted by Crippen LogP contribution is 2.34. The molecule has 1 unspecified atom stereocenters. The number of amides is 1. The first-order valence-corrected chi connectivity index (χ1v) is 5.30. The van der Waals surface area contributed by atoms with E-state index in [4.69, 9.17) is 22.1 Å². The van der Waals surface area contributed by atoms with Gasteiger partial charge in [0, 0.05) is 10.6 Å². The van der Waals surface area contributed by atoms with Gasteiger partial charge in [-0.05, 0) is 18.6 Å². The zero-order valence-electron chi connectivity index (χ0n) is 8.74. The van der Waals surface area contributed by atoms with Crippen molar-refractivity contribution in [1.82, 2.24) is 0 Å². The minimum Gasteiger partial charge on any atom is -0.443 e. The Balaban J connectivity index is 2.44. The van der Waals surface area contributed by atoms with Gasteiger partial charge in [0.2, 0.25) is 5.60 Å². The fraction of sp³-hybridized carbons (Fsp3) is 0.273. The lowest BCUT2D eigenvalue weighted by Crippen LogP contribution is -2.34. The maximum atomic E-state index is 11.8. The first kappa shape index (κ1) is 11.0. The molecule has 1 atom stereocenters. The summed E-state index contributed by atoms with van der Waals surface area (Å²) in [6.07, 6.45) is 0.470. The molecular weight excluding hydrogens is 228 g/mol. The minimum absolute atomic E-state index is 0.0817. The van der Waals surface area contributed by atoms with Crippen LogP contribution in [-0.2, 0) is 15.1 Å². The van der Waals surface area contributed by atoms with E-state index >= 15 is 0 Å². The molecule has 4 nitrogen and oxygen atoms in total. The van der Waals surface area contributed by atoms with Crippen LogP contribution in [0.1, 0.15) is 18.9 Å². The number of benzene rings is 1. The van der Waals surface area contributed by atoms with Gasteiger partial charge in [-0.15, -0.1) is 0 Å². The molecule has 0 spiro atoms. The number of hydrogen-bond donors (Lipinski definition) is 1. The maximum absolute atomic E-state index is 11.8. The summed E-state index contributed by atoms with van der Waals surface area (Å²) < 4.78 is 5.37. The molecule has 16 heavy (non-hydrogen) atoms. The van der Waals surface area contributed by atoms with Crippen molar-refractivity contribution in [3.8, 4) is 0 Å². The van der Waals surface area contributed by atoms with Crippen molar-refractivity contribution < 1.29 is 9.53 Å². The second-order valence-electron chi connectivity index (χ2n) is 3.54. The summed E-state index contributed by atoms with van der Waals surface area (Å²) in [6.45, 7) is 1.85. The second-order valence-corrected chi connectivity index (χ2v) is 3.98. The van der Waals surface area contributed by atoms with Crippen LogP contribution in [0.25, 0.3) is 0 Å².